The number of carbonyl (C=O) groups excluding carboxylic acids is 1. The molecule has 4 rings (SSSR count). The van der Waals surface area contributed by atoms with Crippen LogP contribution >= 0.6 is 0 Å². The Bertz CT molecular complexity index is 1600. The smallest absolute Gasteiger partial charge is 0.264 e. The van der Waals surface area contributed by atoms with Gasteiger partial charge < -0.3 is 9.30 Å². The molecule has 0 aliphatic rings. The normalized spacial score (nSPS) is 11.5. The highest BCUT2D eigenvalue weighted by atomic mass is 32.2. The van der Waals surface area contributed by atoms with Crippen molar-refractivity contribution in [3.63, 3.8) is 0 Å². The third-order valence-electron chi connectivity index (χ3n) is 6.01. The lowest BCUT2D eigenvalue weighted by atomic mass is 10.2. The van der Waals surface area contributed by atoms with Gasteiger partial charge in [0.25, 0.3) is 15.9 Å². The standard InChI is InChI=1S/C29H29FN4O4S/c1-4-38-28-17-11-10-16-27(28)33(39(36,37)24-12-6-5-7-13-24)20-29(35)32-31-19-23-18-21(2)34(22(23)3)26-15-9-8-14-25(26)30/h5-19H,4,20H2,1-3H3,(H,32,35)/b31-19+. The van der Waals surface area contributed by atoms with Crippen molar-refractivity contribution in [1.29, 1.82) is 0 Å². The first-order valence-corrected chi connectivity index (χ1v) is 13.7. The van der Waals surface area contributed by atoms with E-state index in [-0.39, 0.29) is 16.4 Å². The van der Waals surface area contributed by atoms with Crippen molar-refractivity contribution >= 4 is 27.8 Å². The van der Waals surface area contributed by atoms with Crippen LogP contribution in [0.2, 0.25) is 0 Å². The maximum Gasteiger partial charge on any atom is 0.264 e. The predicted molar refractivity (Wildman–Crippen MR) is 150 cm³/mol. The number of para-hydroxylation sites is 3. The summed E-state index contributed by atoms with van der Waals surface area (Å²) in [5.41, 5.74) is 5.25. The van der Waals surface area contributed by atoms with Gasteiger partial charge in [0.2, 0.25) is 0 Å². The minimum Gasteiger partial charge on any atom is -0.492 e. The van der Waals surface area contributed by atoms with Crippen LogP contribution < -0.4 is 14.5 Å². The zero-order chi connectivity index (χ0) is 28.0. The summed E-state index contributed by atoms with van der Waals surface area (Å²) >= 11 is 0. The molecule has 8 nitrogen and oxygen atoms in total. The number of aryl methyl sites for hydroxylation is 1. The zero-order valence-electron chi connectivity index (χ0n) is 21.8. The lowest BCUT2D eigenvalue weighted by molar-refractivity contribution is -0.119. The van der Waals surface area contributed by atoms with Crippen LogP contribution in [0.1, 0.15) is 23.9 Å². The average Bonchev–Trinajstić information content (AvgIpc) is 3.21. The molecule has 1 aromatic heterocycles. The highest BCUT2D eigenvalue weighted by molar-refractivity contribution is 7.92. The number of sulfonamides is 1. The number of benzene rings is 3. The van der Waals surface area contributed by atoms with Gasteiger partial charge in [0.05, 0.1) is 29.1 Å². The molecule has 1 N–H and O–H groups in total. The van der Waals surface area contributed by atoms with E-state index < -0.39 is 22.5 Å². The number of hydrazone groups is 1. The van der Waals surface area contributed by atoms with Gasteiger partial charge in [0, 0.05) is 17.0 Å². The van der Waals surface area contributed by atoms with E-state index in [0.717, 1.165) is 15.7 Å². The molecule has 0 saturated heterocycles. The number of aromatic nitrogens is 1. The number of ether oxygens (including phenoxy) is 1. The summed E-state index contributed by atoms with van der Waals surface area (Å²) in [4.78, 5) is 13.0. The Balaban J connectivity index is 1.59. The Hall–Kier alpha value is -4.44. The molecule has 4 aromatic rings. The van der Waals surface area contributed by atoms with Gasteiger partial charge in [-0.2, -0.15) is 5.10 Å². The number of nitrogens with zero attached hydrogens (tertiary/aromatic N) is 3. The minimum atomic E-state index is -4.11. The van der Waals surface area contributed by atoms with Crippen molar-refractivity contribution in [3.8, 4) is 11.4 Å². The Labute approximate surface area is 227 Å². The van der Waals surface area contributed by atoms with Crippen molar-refractivity contribution in [3.05, 3.63) is 108 Å². The van der Waals surface area contributed by atoms with E-state index in [4.69, 9.17) is 4.74 Å². The van der Waals surface area contributed by atoms with Crippen molar-refractivity contribution in [1.82, 2.24) is 9.99 Å². The Morgan fingerprint density at radius 2 is 1.69 bits per heavy atom. The van der Waals surface area contributed by atoms with E-state index >= 15 is 0 Å². The fraction of sp³-hybridized carbons (Fsp3) is 0.172. The largest absolute Gasteiger partial charge is 0.492 e. The van der Waals surface area contributed by atoms with E-state index in [0.29, 0.717) is 23.6 Å². The monoisotopic (exact) mass is 548 g/mol. The summed E-state index contributed by atoms with van der Waals surface area (Å²) in [6, 6.07) is 22.8. The maximum absolute atomic E-state index is 14.4. The number of carbonyl (C=O) groups is 1. The number of halogens is 1. The third kappa shape index (κ3) is 6.01. The van der Waals surface area contributed by atoms with Gasteiger partial charge in [-0.15, -0.1) is 0 Å². The van der Waals surface area contributed by atoms with Crippen molar-refractivity contribution in [2.75, 3.05) is 17.5 Å². The number of nitrogens with one attached hydrogen (secondary N) is 1. The molecule has 0 aliphatic heterocycles. The van der Waals surface area contributed by atoms with E-state index in [2.05, 4.69) is 10.5 Å². The summed E-state index contributed by atoms with van der Waals surface area (Å²) in [7, 11) is -4.11. The molecule has 1 amide bonds. The van der Waals surface area contributed by atoms with E-state index in [1.165, 1.54) is 24.4 Å². The molecule has 0 bridgehead atoms. The Morgan fingerprint density at radius 1 is 1.03 bits per heavy atom. The molecule has 202 valence electrons. The van der Waals surface area contributed by atoms with Crippen LogP contribution in [0.25, 0.3) is 5.69 Å². The zero-order valence-corrected chi connectivity index (χ0v) is 22.7. The van der Waals surface area contributed by atoms with Gasteiger partial charge in [-0.05, 0) is 63.2 Å². The van der Waals surface area contributed by atoms with E-state index in [1.807, 2.05) is 19.9 Å². The maximum atomic E-state index is 14.4. The fourth-order valence-electron chi connectivity index (χ4n) is 4.22. The highest BCUT2D eigenvalue weighted by Gasteiger charge is 2.29. The second kappa shape index (κ2) is 12.0. The molecule has 10 heteroatoms. The molecule has 0 fully saturated rings. The molecular formula is C29H29FN4O4S. The number of hydrogen-bond acceptors (Lipinski definition) is 5. The summed E-state index contributed by atoms with van der Waals surface area (Å²) in [6.07, 6.45) is 1.45. The molecule has 0 atom stereocenters. The number of hydrogen-bond donors (Lipinski definition) is 1. The second-order valence-electron chi connectivity index (χ2n) is 8.63. The Morgan fingerprint density at radius 3 is 2.41 bits per heavy atom. The van der Waals surface area contributed by atoms with Crippen LogP contribution in [0.5, 0.6) is 5.75 Å². The lowest BCUT2D eigenvalue weighted by Crippen LogP contribution is -2.39. The van der Waals surface area contributed by atoms with Gasteiger partial charge in [-0.3, -0.25) is 9.10 Å². The predicted octanol–water partition coefficient (Wildman–Crippen LogP) is 4.98. The third-order valence-corrected chi connectivity index (χ3v) is 7.78. The van der Waals surface area contributed by atoms with Gasteiger partial charge in [0.15, 0.2) is 0 Å². The first kappa shape index (κ1) is 27.6. The van der Waals surface area contributed by atoms with E-state index in [9.17, 15) is 17.6 Å². The average molecular weight is 549 g/mol. The Kier molecular flexibility index (Phi) is 8.46. The number of anilines is 1. The molecule has 1 heterocycles. The van der Waals surface area contributed by atoms with Crippen LogP contribution in [0, 0.1) is 19.7 Å². The highest BCUT2D eigenvalue weighted by Crippen LogP contribution is 2.32. The van der Waals surface area contributed by atoms with Crippen molar-refractivity contribution in [2.24, 2.45) is 5.10 Å². The molecule has 39 heavy (non-hydrogen) atoms. The van der Waals surface area contributed by atoms with Crippen LogP contribution in [0.15, 0.2) is 94.9 Å². The van der Waals surface area contributed by atoms with Crippen molar-refractivity contribution < 1.29 is 22.3 Å². The molecule has 0 unspecified atom stereocenters. The molecular weight excluding hydrogens is 519 g/mol. The number of rotatable bonds is 10. The molecule has 3 aromatic carbocycles. The SMILES string of the molecule is CCOc1ccccc1N(CC(=O)N/N=C/c1cc(C)n(-c2ccccc2F)c1C)S(=O)(=O)c1ccccc1. The lowest BCUT2D eigenvalue weighted by Gasteiger charge is -2.25. The van der Waals surface area contributed by atoms with Crippen LogP contribution in [0.3, 0.4) is 0 Å². The quantitative estimate of drug-likeness (QED) is 0.224. The van der Waals surface area contributed by atoms with Gasteiger partial charge >= 0.3 is 0 Å². The first-order valence-electron chi connectivity index (χ1n) is 12.3. The van der Waals surface area contributed by atoms with Gasteiger partial charge in [-0.25, -0.2) is 18.2 Å². The fourth-order valence-corrected chi connectivity index (χ4v) is 5.67. The minimum absolute atomic E-state index is 0.0354. The van der Waals surface area contributed by atoms with E-state index in [1.54, 1.807) is 72.2 Å². The summed E-state index contributed by atoms with van der Waals surface area (Å²) in [5, 5.41) is 4.05. The molecule has 0 aliphatic carbocycles. The van der Waals surface area contributed by atoms with Crippen LogP contribution in [-0.2, 0) is 14.8 Å². The van der Waals surface area contributed by atoms with Crippen molar-refractivity contribution in [2.45, 2.75) is 25.7 Å². The molecule has 0 saturated carbocycles. The van der Waals surface area contributed by atoms with Crippen LogP contribution in [-0.4, -0.2) is 38.3 Å². The summed E-state index contributed by atoms with van der Waals surface area (Å²) in [6.45, 7) is 5.24. The van der Waals surface area contributed by atoms with Gasteiger partial charge in [0.1, 0.15) is 18.1 Å². The topological polar surface area (TPSA) is 93.0 Å². The summed E-state index contributed by atoms with van der Waals surface area (Å²) < 4.78 is 50.0. The van der Waals surface area contributed by atoms with Gasteiger partial charge in [-0.1, -0.05) is 42.5 Å². The van der Waals surface area contributed by atoms with Crippen LogP contribution in [0.4, 0.5) is 10.1 Å². The number of amides is 1. The summed E-state index contributed by atoms with van der Waals surface area (Å²) in [5.74, 6) is -0.681. The first-order chi connectivity index (χ1) is 18.7. The molecule has 0 spiro atoms. The molecule has 0 radical (unpaired) electrons. The second-order valence-corrected chi connectivity index (χ2v) is 10.5.